The van der Waals surface area contributed by atoms with E-state index in [0.29, 0.717) is 12.8 Å². The first-order valence-electron chi connectivity index (χ1n) is 5.85. The zero-order valence-electron chi connectivity index (χ0n) is 8.95. The lowest BCUT2D eigenvalue weighted by molar-refractivity contribution is -0.132. The Morgan fingerprint density at radius 3 is 2.50 bits per heavy atom. The Bertz CT molecular complexity index is 344. The maximum Gasteiger partial charge on any atom is 0.258 e. The molecule has 2 bridgehead atoms. The van der Waals surface area contributed by atoms with Crippen LogP contribution in [0.3, 0.4) is 0 Å². The fourth-order valence-corrected chi connectivity index (χ4v) is 3.12. The summed E-state index contributed by atoms with van der Waals surface area (Å²) < 4.78 is 13.5. The van der Waals surface area contributed by atoms with Crippen molar-refractivity contribution in [1.82, 2.24) is 5.32 Å². The highest BCUT2D eigenvalue weighted by Gasteiger charge is 2.60. The van der Waals surface area contributed by atoms with Gasteiger partial charge in [0.2, 0.25) is 0 Å². The van der Waals surface area contributed by atoms with Crippen LogP contribution in [0.1, 0.15) is 32.1 Å². The van der Waals surface area contributed by atoms with Gasteiger partial charge in [0.05, 0.1) is 11.6 Å². The molecule has 3 fully saturated rings. The van der Waals surface area contributed by atoms with E-state index in [9.17, 15) is 19.4 Å². The molecule has 3 rings (SSSR count). The number of rotatable bonds is 2. The molecule has 3 saturated carbocycles. The van der Waals surface area contributed by atoms with E-state index in [1.165, 1.54) is 0 Å². The summed E-state index contributed by atoms with van der Waals surface area (Å²) in [6, 6.07) is 0. The molecule has 0 aromatic carbocycles. The third-order valence-electron chi connectivity index (χ3n) is 4.42. The van der Waals surface area contributed by atoms with Crippen molar-refractivity contribution in [3.63, 3.8) is 0 Å². The molecule has 0 saturated heterocycles. The summed E-state index contributed by atoms with van der Waals surface area (Å²) in [5, 5.41) is 22.2. The first kappa shape index (κ1) is 10.5. The normalized spacial score (nSPS) is 48.1. The number of fused-ring (bicyclic) bond motifs is 2. The van der Waals surface area contributed by atoms with Crippen LogP contribution in [0.2, 0.25) is 0 Å². The summed E-state index contributed by atoms with van der Waals surface area (Å²) in [4.78, 5) is 11.6. The van der Waals surface area contributed by atoms with E-state index < -0.39 is 29.3 Å². The van der Waals surface area contributed by atoms with Crippen LogP contribution in [-0.2, 0) is 4.79 Å². The van der Waals surface area contributed by atoms with Crippen molar-refractivity contribution in [2.75, 3.05) is 0 Å². The van der Waals surface area contributed by atoms with Gasteiger partial charge in [0, 0.05) is 0 Å². The Kier molecular flexibility index (Phi) is 1.93. The third-order valence-corrected chi connectivity index (χ3v) is 4.42. The molecule has 4 atom stereocenters. The fourth-order valence-electron chi connectivity index (χ4n) is 3.12. The van der Waals surface area contributed by atoms with Crippen LogP contribution in [0, 0.1) is 5.92 Å². The maximum absolute atomic E-state index is 13.5. The van der Waals surface area contributed by atoms with Gasteiger partial charge in [0.15, 0.2) is 5.67 Å². The second-order valence-corrected chi connectivity index (χ2v) is 5.51. The van der Waals surface area contributed by atoms with E-state index in [-0.39, 0.29) is 18.8 Å². The van der Waals surface area contributed by atoms with Crippen molar-refractivity contribution >= 4 is 5.91 Å². The summed E-state index contributed by atoms with van der Waals surface area (Å²) >= 11 is 0. The number of aliphatic hydroxyl groups is 2. The predicted octanol–water partition coefficient (Wildman–Crippen LogP) is -0.121. The lowest BCUT2D eigenvalue weighted by Crippen LogP contribution is -2.58. The molecule has 90 valence electrons. The lowest BCUT2D eigenvalue weighted by Gasteiger charge is -2.35. The molecule has 5 heteroatoms. The van der Waals surface area contributed by atoms with Crippen molar-refractivity contribution in [3.05, 3.63) is 0 Å². The minimum Gasteiger partial charge on any atom is -0.390 e. The predicted molar refractivity (Wildman–Crippen MR) is 53.3 cm³/mol. The maximum atomic E-state index is 13.5. The lowest BCUT2D eigenvalue weighted by atomic mass is 9.88. The number of carbonyl (C=O) groups is 1. The monoisotopic (exact) mass is 229 g/mol. The number of amides is 1. The van der Waals surface area contributed by atoms with E-state index in [2.05, 4.69) is 5.32 Å². The third kappa shape index (κ3) is 1.24. The molecule has 3 aliphatic carbocycles. The van der Waals surface area contributed by atoms with Crippen molar-refractivity contribution in [2.45, 2.75) is 55.5 Å². The van der Waals surface area contributed by atoms with Crippen molar-refractivity contribution in [1.29, 1.82) is 0 Å². The summed E-state index contributed by atoms with van der Waals surface area (Å²) in [7, 11) is 0. The van der Waals surface area contributed by atoms with E-state index in [1.807, 2.05) is 0 Å². The van der Waals surface area contributed by atoms with Gasteiger partial charge < -0.3 is 15.5 Å². The zero-order valence-corrected chi connectivity index (χ0v) is 8.95. The second-order valence-electron chi connectivity index (χ2n) is 5.51. The second kappa shape index (κ2) is 2.96. The molecule has 0 radical (unpaired) electrons. The molecule has 0 aromatic rings. The van der Waals surface area contributed by atoms with Gasteiger partial charge in [-0.3, -0.25) is 4.79 Å². The number of hydrogen-bond donors (Lipinski definition) is 3. The SMILES string of the molecule is O=C(NC12CCC(C1)[C@H](O)[C@@H]2O)C1(F)CC1. The van der Waals surface area contributed by atoms with Crippen molar-refractivity contribution in [2.24, 2.45) is 5.92 Å². The average molecular weight is 229 g/mol. The van der Waals surface area contributed by atoms with Crippen LogP contribution >= 0.6 is 0 Å². The smallest absolute Gasteiger partial charge is 0.258 e. The first-order chi connectivity index (χ1) is 7.47. The molecule has 0 aromatic heterocycles. The Balaban J connectivity index is 1.76. The van der Waals surface area contributed by atoms with Crippen LogP contribution in [-0.4, -0.2) is 39.5 Å². The Morgan fingerprint density at radius 2 is 2.00 bits per heavy atom. The standard InChI is InChI=1S/C11H16FNO3/c12-10(3-4-10)9(16)13-11-2-1-6(5-11)7(14)8(11)15/h6-8,14-15H,1-5H2,(H,13,16)/t6?,7-,8-,11?/m0/s1. The van der Waals surface area contributed by atoms with Gasteiger partial charge in [0.1, 0.15) is 6.10 Å². The van der Waals surface area contributed by atoms with E-state index >= 15 is 0 Å². The summed E-state index contributed by atoms with van der Waals surface area (Å²) in [6.07, 6.45) is 0.821. The van der Waals surface area contributed by atoms with Gasteiger partial charge >= 0.3 is 0 Å². The van der Waals surface area contributed by atoms with Crippen molar-refractivity contribution < 1.29 is 19.4 Å². The van der Waals surface area contributed by atoms with Gasteiger partial charge in [-0.1, -0.05) is 0 Å². The van der Waals surface area contributed by atoms with Crippen molar-refractivity contribution in [3.8, 4) is 0 Å². The van der Waals surface area contributed by atoms with E-state index in [0.717, 1.165) is 6.42 Å². The molecule has 16 heavy (non-hydrogen) atoms. The van der Waals surface area contributed by atoms with Gasteiger partial charge in [-0.15, -0.1) is 0 Å². The van der Waals surface area contributed by atoms with E-state index in [4.69, 9.17) is 0 Å². The Hall–Kier alpha value is -0.680. The highest BCUT2D eigenvalue weighted by Crippen LogP contribution is 2.49. The van der Waals surface area contributed by atoms with Crippen LogP contribution in [0.5, 0.6) is 0 Å². The van der Waals surface area contributed by atoms with E-state index in [1.54, 1.807) is 0 Å². The molecule has 0 spiro atoms. The molecule has 1 amide bonds. The average Bonchev–Trinajstić information content (AvgIpc) is 2.80. The first-order valence-corrected chi connectivity index (χ1v) is 5.85. The number of nitrogens with one attached hydrogen (secondary N) is 1. The summed E-state index contributed by atoms with van der Waals surface area (Å²) in [6.45, 7) is 0. The Morgan fingerprint density at radius 1 is 1.31 bits per heavy atom. The van der Waals surface area contributed by atoms with Crippen LogP contribution in [0.4, 0.5) is 4.39 Å². The molecular weight excluding hydrogens is 213 g/mol. The number of aliphatic hydroxyl groups excluding tert-OH is 2. The van der Waals surface area contributed by atoms with Gasteiger partial charge in [-0.25, -0.2) is 4.39 Å². The highest BCUT2D eigenvalue weighted by atomic mass is 19.1. The van der Waals surface area contributed by atoms with Crippen LogP contribution < -0.4 is 5.32 Å². The molecule has 4 nitrogen and oxygen atoms in total. The minimum absolute atomic E-state index is 0.0464. The van der Waals surface area contributed by atoms with Crippen LogP contribution in [0.25, 0.3) is 0 Å². The van der Waals surface area contributed by atoms with Crippen LogP contribution in [0.15, 0.2) is 0 Å². The molecule has 3 N–H and O–H groups in total. The molecule has 3 aliphatic rings. The van der Waals surface area contributed by atoms with Gasteiger partial charge in [-0.05, 0) is 38.0 Å². The number of hydrogen-bond acceptors (Lipinski definition) is 3. The molecule has 2 unspecified atom stereocenters. The van der Waals surface area contributed by atoms with Gasteiger partial charge in [0.25, 0.3) is 5.91 Å². The molecule has 0 aliphatic heterocycles. The number of carbonyl (C=O) groups excluding carboxylic acids is 1. The number of halogens is 1. The van der Waals surface area contributed by atoms with Gasteiger partial charge in [-0.2, -0.15) is 0 Å². The molecular formula is C11H16FNO3. The fraction of sp³-hybridized carbons (Fsp3) is 0.909. The topological polar surface area (TPSA) is 69.6 Å². The minimum atomic E-state index is -1.71. The molecule has 0 heterocycles. The summed E-state index contributed by atoms with van der Waals surface area (Å²) in [5.41, 5.74) is -2.48. The largest absolute Gasteiger partial charge is 0.390 e. The Labute approximate surface area is 92.8 Å². The highest BCUT2D eigenvalue weighted by molar-refractivity contribution is 5.88. The quantitative estimate of drug-likeness (QED) is 0.618. The number of alkyl halides is 1. The zero-order chi connectivity index (χ0) is 11.6. The summed E-state index contributed by atoms with van der Waals surface area (Å²) in [5.74, 6) is -0.564.